The Hall–Kier alpha value is -0.570. The van der Waals surface area contributed by atoms with E-state index in [1.54, 1.807) is 25.0 Å². The van der Waals surface area contributed by atoms with Crippen LogP contribution >= 0.6 is 27.7 Å². The lowest BCUT2D eigenvalue weighted by molar-refractivity contribution is 0.663. The van der Waals surface area contributed by atoms with Gasteiger partial charge in [-0.15, -0.1) is 11.8 Å². The van der Waals surface area contributed by atoms with Crippen LogP contribution in [0.2, 0.25) is 0 Å². The molecule has 1 heterocycles. The van der Waals surface area contributed by atoms with Gasteiger partial charge in [0, 0.05) is 16.4 Å². The first-order valence-electron chi connectivity index (χ1n) is 4.57. The SMILES string of the molecule is CNC(C#N)CCSc1ccc(Br)cn1. The van der Waals surface area contributed by atoms with Gasteiger partial charge in [-0.3, -0.25) is 0 Å². The summed E-state index contributed by atoms with van der Waals surface area (Å²) in [5, 5.41) is 12.7. The minimum Gasteiger partial charge on any atom is -0.305 e. The van der Waals surface area contributed by atoms with E-state index in [4.69, 9.17) is 5.26 Å². The number of rotatable bonds is 5. The molecule has 0 fully saturated rings. The quantitative estimate of drug-likeness (QED) is 0.845. The van der Waals surface area contributed by atoms with Crippen molar-refractivity contribution in [2.45, 2.75) is 17.5 Å². The summed E-state index contributed by atoms with van der Waals surface area (Å²) >= 11 is 5.00. The number of nitriles is 1. The van der Waals surface area contributed by atoms with Crippen molar-refractivity contribution in [2.75, 3.05) is 12.8 Å². The minimum atomic E-state index is -0.0621. The van der Waals surface area contributed by atoms with Crippen LogP contribution in [-0.2, 0) is 0 Å². The second kappa shape index (κ2) is 6.83. The van der Waals surface area contributed by atoms with Crippen molar-refractivity contribution >= 4 is 27.7 Å². The summed E-state index contributed by atoms with van der Waals surface area (Å²) in [7, 11) is 1.80. The van der Waals surface area contributed by atoms with Crippen LogP contribution < -0.4 is 5.32 Å². The van der Waals surface area contributed by atoms with E-state index in [0.29, 0.717) is 0 Å². The molecule has 0 radical (unpaired) electrons. The molecular formula is C10H12BrN3S. The molecule has 5 heteroatoms. The van der Waals surface area contributed by atoms with Crippen LogP contribution in [0.3, 0.4) is 0 Å². The molecule has 0 aliphatic rings. The van der Waals surface area contributed by atoms with Crippen LogP contribution in [-0.4, -0.2) is 23.8 Å². The summed E-state index contributed by atoms with van der Waals surface area (Å²) in [5.41, 5.74) is 0. The zero-order chi connectivity index (χ0) is 11.1. The molecule has 15 heavy (non-hydrogen) atoms. The largest absolute Gasteiger partial charge is 0.305 e. The number of hydrogen-bond acceptors (Lipinski definition) is 4. The van der Waals surface area contributed by atoms with Crippen LogP contribution in [0.25, 0.3) is 0 Å². The fourth-order valence-corrected chi connectivity index (χ4v) is 2.09. The van der Waals surface area contributed by atoms with Gasteiger partial charge in [0.1, 0.15) is 0 Å². The van der Waals surface area contributed by atoms with E-state index in [0.717, 1.165) is 21.7 Å². The second-order valence-corrected chi connectivity index (χ2v) is 4.95. The first-order valence-corrected chi connectivity index (χ1v) is 6.35. The third-order valence-electron chi connectivity index (χ3n) is 1.86. The van der Waals surface area contributed by atoms with Crippen LogP contribution in [0.4, 0.5) is 0 Å². The number of hydrogen-bond donors (Lipinski definition) is 1. The van der Waals surface area contributed by atoms with E-state index in [9.17, 15) is 0 Å². The lowest BCUT2D eigenvalue weighted by Gasteiger charge is -2.06. The fraction of sp³-hybridized carbons (Fsp3) is 0.400. The first kappa shape index (κ1) is 12.5. The summed E-state index contributed by atoms with van der Waals surface area (Å²) in [5.74, 6) is 0.897. The van der Waals surface area contributed by atoms with E-state index in [1.807, 2.05) is 12.1 Å². The zero-order valence-electron chi connectivity index (χ0n) is 8.40. The maximum atomic E-state index is 8.72. The third kappa shape index (κ3) is 4.65. The molecular weight excluding hydrogens is 274 g/mol. The van der Waals surface area contributed by atoms with Crippen LogP contribution in [0.5, 0.6) is 0 Å². The molecule has 0 saturated carbocycles. The molecule has 3 nitrogen and oxygen atoms in total. The number of aromatic nitrogens is 1. The van der Waals surface area contributed by atoms with Gasteiger partial charge in [0.25, 0.3) is 0 Å². The number of thioether (sulfide) groups is 1. The van der Waals surface area contributed by atoms with Crippen molar-refractivity contribution in [3.05, 3.63) is 22.8 Å². The monoisotopic (exact) mass is 285 g/mol. The second-order valence-electron chi connectivity index (χ2n) is 2.92. The molecule has 1 N–H and O–H groups in total. The van der Waals surface area contributed by atoms with Gasteiger partial charge in [0.15, 0.2) is 0 Å². The normalized spacial score (nSPS) is 12.1. The predicted molar refractivity (Wildman–Crippen MR) is 65.7 cm³/mol. The van der Waals surface area contributed by atoms with E-state index < -0.39 is 0 Å². The Morgan fingerprint density at radius 1 is 1.67 bits per heavy atom. The van der Waals surface area contributed by atoms with E-state index >= 15 is 0 Å². The molecule has 1 rings (SSSR count). The van der Waals surface area contributed by atoms with Gasteiger partial charge in [-0.2, -0.15) is 5.26 Å². The number of nitrogens with zero attached hydrogens (tertiary/aromatic N) is 2. The molecule has 0 aromatic carbocycles. The van der Waals surface area contributed by atoms with Crippen molar-refractivity contribution in [1.82, 2.24) is 10.3 Å². The Bertz CT molecular complexity index is 334. The van der Waals surface area contributed by atoms with Gasteiger partial charge in [0.2, 0.25) is 0 Å². The molecule has 1 atom stereocenters. The van der Waals surface area contributed by atoms with Gasteiger partial charge in [-0.25, -0.2) is 4.98 Å². The summed E-state index contributed by atoms with van der Waals surface area (Å²) in [4.78, 5) is 4.24. The standard InChI is InChI=1S/C10H12BrN3S/c1-13-9(6-12)4-5-15-10-3-2-8(11)7-14-10/h2-3,7,9,13H,4-5H2,1H3. The lowest BCUT2D eigenvalue weighted by Crippen LogP contribution is -2.23. The molecule has 0 aliphatic heterocycles. The Kier molecular flexibility index (Phi) is 5.69. The Labute approximate surface area is 102 Å². The molecule has 0 aliphatic carbocycles. The molecule has 0 bridgehead atoms. The van der Waals surface area contributed by atoms with Crippen molar-refractivity contribution in [3.63, 3.8) is 0 Å². The van der Waals surface area contributed by atoms with Crippen molar-refractivity contribution < 1.29 is 0 Å². The van der Waals surface area contributed by atoms with Crippen LogP contribution in [0, 0.1) is 11.3 Å². The molecule has 1 aromatic heterocycles. The highest BCUT2D eigenvalue weighted by molar-refractivity contribution is 9.10. The highest BCUT2D eigenvalue weighted by atomic mass is 79.9. The fourth-order valence-electron chi connectivity index (χ4n) is 1.00. The highest BCUT2D eigenvalue weighted by Gasteiger charge is 2.03. The summed E-state index contributed by atoms with van der Waals surface area (Å²) in [6.45, 7) is 0. The van der Waals surface area contributed by atoms with Gasteiger partial charge in [-0.1, -0.05) is 0 Å². The Balaban J connectivity index is 2.32. The van der Waals surface area contributed by atoms with Gasteiger partial charge in [-0.05, 0) is 41.5 Å². The Morgan fingerprint density at radius 2 is 2.47 bits per heavy atom. The zero-order valence-corrected chi connectivity index (χ0v) is 10.8. The summed E-state index contributed by atoms with van der Waals surface area (Å²) in [6, 6.07) is 6.07. The molecule has 1 unspecified atom stereocenters. The van der Waals surface area contributed by atoms with E-state index in [2.05, 4.69) is 32.3 Å². The van der Waals surface area contributed by atoms with Crippen LogP contribution in [0.15, 0.2) is 27.8 Å². The number of nitrogens with one attached hydrogen (secondary N) is 1. The third-order valence-corrected chi connectivity index (χ3v) is 3.31. The Morgan fingerprint density at radius 3 is 3.00 bits per heavy atom. The smallest absolute Gasteiger partial charge is 0.0960 e. The summed E-state index contributed by atoms with van der Waals surface area (Å²) < 4.78 is 0.983. The van der Waals surface area contributed by atoms with Crippen molar-refractivity contribution in [2.24, 2.45) is 0 Å². The maximum Gasteiger partial charge on any atom is 0.0960 e. The van der Waals surface area contributed by atoms with E-state index in [1.165, 1.54) is 0 Å². The number of pyridine rings is 1. The molecule has 80 valence electrons. The maximum absolute atomic E-state index is 8.72. The highest BCUT2D eigenvalue weighted by Crippen LogP contribution is 2.18. The van der Waals surface area contributed by atoms with Gasteiger partial charge in [0.05, 0.1) is 17.1 Å². The molecule has 0 saturated heterocycles. The lowest BCUT2D eigenvalue weighted by atomic mass is 10.3. The average Bonchev–Trinajstić information content (AvgIpc) is 2.27. The number of halogens is 1. The van der Waals surface area contributed by atoms with Crippen molar-refractivity contribution in [3.8, 4) is 6.07 Å². The van der Waals surface area contributed by atoms with Crippen molar-refractivity contribution in [1.29, 1.82) is 5.26 Å². The van der Waals surface area contributed by atoms with Gasteiger partial charge < -0.3 is 5.32 Å². The van der Waals surface area contributed by atoms with Crippen LogP contribution in [0.1, 0.15) is 6.42 Å². The topological polar surface area (TPSA) is 48.7 Å². The summed E-state index contributed by atoms with van der Waals surface area (Å²) in [6.07, 6.45) is 2.61. The average molecular weight is 286 g/mol. The molecule has 0 amide bonds. The van der Waals surface area contributed by atoms with Gasteiger partial charge >= 0.3 is 0 Å². The van der Waals surface area contributed by atoms with E-state index in [-0.39, 0.29) is 6.04 Å². The first-order chi connectivity index (χ1) is 7.26. The molecule has 1 aromatic rings. The minimum absolute atomic E-state index is 0.0621. The predicted octanol–water partition coefficient (Wildman–Crippen LogP) is 2.44. The molecule has 0 spiro atoms.